The molecule has 0 aliphatic heterocycles. The van der Waals surface area contributed by atoms with Crippen molar-refractivity contribution >= 4 is 17.4 Å². The number of hydrogen-bond acceptors (Lipinski definition) is 4. The van der Waals surface area contributed by atoms with E-state index in [1.165, 1.54) is 49.0 Å². The molecule has 2 N–H and O–H groups in total. The average molecular weight is 326 g/mol. The number of rotatable bonds is 8. The predicted molar refractivity (Wildman–Crippen MR) is 103 cm³/mol. The molecule has 0 bridgehead atoms. The molecule has 0 unspecified atom stereocenters. The summed E-state index contributed by atoms with van der Waals surface area (Å²) in [7, 11) is 0. The molecule has 1 aromatic rings. The maximum Gasteiger partial charge on any atom is 0.219 e. The third-order valence-corrected chi connectivity index (χ3v) is 4.51. The number of allylic oxidation sites excluding steroid dienone is 2. The maximum absolute atomic E-state index is 5.62. The van der Waals surface area contributed by atoms with Crippen molar-refractivity contribution in [2.45, 2.75) is 71.6 Å². The Morgan fingerprint density at radius 3 is 2.50 bits per heavy atom. The number of unbranched alkanes of at least 4 members (excludes halogenated alkanes) is 4. The molecule has 0 amide bonds. The van der Waals surface area contributed by atoms with Gasteiger partial charge in [0.25, 0.3) is 0 Å². The summed E-state index contributed by atoms with van der Waals surface area (Å²) in [5.41, 5.74) is 11.2. The molecule has 130 valence electrons. The SMILES string of the molecule is C=C1CCC/C1=C(/N=C(\C)CCCCCCC)c1cnc(N)nc1. The van der Waals surface area contributed by atoms with E-state index >= 15 is 0 Å². The van der Waals surface area contributed by atoms with Gasteiger partial charge in [0.1, 0.15) is 0 Å². The molecule has 2 rings (SSSR count). The van der Waals surface area contributed by atoms with E-state index in [1.54, 1.807) is 12.4 Å². The van der Waals surface area contributed by atoms with Crippen LogP contribution in [0, 0.1) is 0 Å². The van der Waals surface area contributed by atoms with Crippen molar-refractivity contribution in [2.75, 3.05) is 5.73 Å². The van der Waals surface area contributed by atoms with Gasteiger partial charge < -0.3 is 5.73 Å². The monoisotopic (exact) mass is 326 g/mol. The molecule has 1 fully saturated rings. The summed E-state index contributed by atoms with van der Waals surface area (Å²) >= 11 is 0. The number of nitrogens with two attached hydrogens (primary N) is 1. The van der Waals surface area contributed by atoms with Crippen LogP contribution in [0.15, 0.2) is 35.1 Å². The minimum atomic E-state index is 0.296. The summed E-state index contributed by atoms with van der Waals surface area (Å²) in [6, 6.07) is 0. The first-order valence-electron chi connectivity index (χ1n) is 9.15. The van der Waals surface area contributed by atoms with Crippen molar-refractivity contribution in [3.05, 3.63) is 35.7 Å². The first-order chi connectivity index (χ1) is 11.6. The second-order valence-electron chi connectivity index (χ2n) is 6.63. The van der Waals surface area contributed by atoms with Gasteiger partial charge in [-0.25, -0.2) is 9.97 Å². The van der Waals surface area contributed by atoms with Crippen LogP contribution in [0.4, 0.5) is 5.95 Å². The Hall–Kier alpha value is -1.97. The summed E-state index contributed by atoms with van der Waals surface area (Å²) < 4.78 is 0. The highest BCUT2D eigenvalue weighted by Gasteiger charge is 2.18. The molecule has 0 aromatic carbocycles. The van der Waals surface area contributed by atoms with Gasteiger partial charge in [0.05, 0.1) is 5.70 Å². The Kier molecular flexibility index (Phi) is 7.16. The van der Waals surface area contributed by atoms with Crippen molar-refractivity contribution in [3.63, 3.8) is 0 Å². The lowest BCUT2D eigenvalue weighted by molar-refractivity contribution is 0.643. The largest absolute Gasteiger partial charge is 0.368 e. The van der Waals surface area contributed by atoms with Gasteiger partial charge in [0, 0.05) is 23.7 Å². The zero-order valence-corrected chi connectivity index (χ0v) is 15.1. The number of nitrogens with zero attached hydrogens (tertiary/aromatic N) is 3. The first-order valence-corrected chi connectivity index (χ1v) is 9.15. The average Bonchev–Trinajstić information content (AvgIpc) is 2.99. The predicted octanol–water partition coefficient (Wildman–Crippen LogP) is 5.33. The van der Waals surface area contributed by atoms with Gasteiger partial charge in [-0.2, -0.15) is 0 Å². The van der Waals surface area contributed by atoms with Crippen molar-refractivity contribution in [1.82, 2.24) is 9.97 Å². The van der Waals surface area contributed by atoms with Gasteiger partial charge >= 0.3 is 0 Å². The highest BCUT2D eigenvalue weighted by atomic mass is 15.0. The Morgan fingerprint density at radius 1 is 1.17 bits per heavy atom. The van der Waals surface area contributed by atoms with Crippen molar-refractivity contribution in [3.8, 4) is 0 Å². The molecule has 1 saturated carbocycles. The third kappa shape index (κ3) is 5.29. The molecular weight excluding hydrogens is 296 g/mol. The minimum Gasteiger partial charge on any atom is -0.368 e. The van der Waals surface area contributed by atoms with E-state index in [4.69, 9.17) is 10.7 Å². The second-order valence-corrected chi connectivity index (χ2v) is 6.63. The van der Waals surface area contributed by atoms with E-state index in [0.29, 0.717) is 5.95 Å². The smallest absolute Gasteiger partial charge is 0.219 e. The van der Waals surface area contributed by atoms with E-state index < -0.39 is 0 Å². The molecule has 24 heavy (non-hydrogen) atoms. The second kappa shape index (κ2) is 9.36. The van der Waals surface area contributed by atoms with E-state index in [9.17, 15) is 0 Å². The molecule has 1 aliphatic carbocycles. The Balaban J connectivity index is 2.16. The van der Waals surface area contributed by atoms with E-state index in [1.807, 2.05) is 0 Å². The lowest BCUT2D eigenvalue weighted by atomic mass is 10.0. The van der Waals surface area contributed by atoms with Crippen LogP contribution in [0.3, 0.4) is 0 Å². The van der Waals surface area contributed by atoms with Crippen molar-refractivity contribution in [2.24, 2.45) is 4.99 Å². The summed E-state index contributed by atoms with van der Waals surface area (Å²) in [4.78, 5) is 13.2. The van der Waals surface area contributed by atoms with Crippen molar-refractivity contribution < 1.29 is 0 Å². The molecule has 0 atom stereocenters. The van der Waals surface area contributed by atoms with Crippen molar-refractivity contribution in [1.29, 1.82) is 0 Å². The fraction of sp³-hybridized carbons (Fsp3) is 0.550. The Labute approximate surface area is 146 Å². The molecular formula is C20H30N4. The maximum atomic E-state index is 5.62. The number of nitrogen functional groups attached to an aromatic ring is 1. The molecule has 0 radical (unpaired) electrons. The third-order valence-electron chi connectivity index (χ3n) is 4.51. The molecule has 1 heterocycles. The number of aliphatic imine (C=N–C) groups is 1. The molecule has 4 nitrogen and oxygen atoms in total. The van der Waals surface area contributed by atoms with Crippen LogP contribution in [-0.2, 0) is 0 Å². The lowest BCUT2D eigenvalue weighted by Crippen LogP contribution is -1.99. The zero-order valence-electron chi connectivity index (χ0n) is 15.1. The fourth-order valence-corrected chi connectivity index (χ4v) is 3.09. The van der Waals surface area contributed by atoms with Crippen LogP contribution in [-0.4, -0.2) is 15.7 Å². The summed E-state index contributed by atoms with van der Waals surface area (Å²) in [6.45, 7) is 8.58. The van der Waals surface area contributed by atoms with E-state index in [0.717, 1.165) is 36.9 Å². The van der Waals surface area contributed by atoms with Gasteiger partial charge in [-0.05, 0) is 50.2 Å². The van der Waals surface area contributed by atoms with Crippen LogP contribution in [0.5, 0.6) is 0 Å². The van der Waals surface area contributed by atoms with Gasteiger partial charge in [-0.3, -0.25) is 4.99 Å². The quantitative estimate of drug-likeness (QED) is 0.518. The number of hydrogen-bond donors (Lipinski definition) is 1. The summed E-state index contributed by atoms with van der Waals surface area (Å²) in [5, 5.41) is 0. The highest BCUT2D eigenvalue weighted by Crippen LogP contribution is 2.36. The Bertz CT molecular complexity index is 611. The van der Waals surface area contributed by atoms with Crippen LogP contribution in [0.25, 0.3) is 5.70 Å². The van der Waals surface area contributed by atoms with Crippen LogP contribution in [0.2, 0.25) is 0 Å². The minimum absolute atomic E-state index is 0.296. The zero-order chi connectivity index (χ0) is 17.4. The van der Waals surface area contributed by atoms with Gasteiger partial charge in [-0.15, -0.1) is 0 Å². The van der Waals surface area contributed by atoms with Gasteiger partial charge in [0.15, 0.2) is 0 Å². The van der Waals surface area contributed by atoms with Crippen LogP contribution >= 0.6 is 0 Å². The normalized spacial score (nSPS) is 17.4. The van der Waals surface area contributed by atoms with Gasteiger partial charge in [-0.1, -0.05) is 39.2 Å². The van der Waals surface area contributed by atoms with Crippen LogP contribution in [0.1, 0.15) is 77.2 Å². The number of aromatic nitrogens is 2. The molecule has 0 spiro atoms. The van der Waals surface area contributed by atoms with E-state index in [2.05, 4.69) is 30.4 Å². The lowest BCUT2D eigenvalue weighted by Gasteiger charge is -2.10. The topological polar surface area (TPSA) is 64.2 Å². The summed E-state index contributed by atoms with van der Waals surface area (Å²) in [5.74, 6) is 0.296. The summed E-state index contributed by atoms with van der Waals surface area (Å²) in [6.07, 6.45) is 14.2. The first kappa shape index (κ1) is 18.4. The molecule has 4 heteroatoms. The molecule has 1 aromatic heterocycles. The standard InChI is InChI=1S/C20H30N4/c1-4-5-6-7-8-11-16(3)24-19(18-12-9-10-15(18)2)17-13-22-20(21)23-14-17/h13-14H,2,4-12H2,1,3H3,(H2,21,22,23)/b19-18-,24-16+. The highest BCUT2D eigenvalue weighted by molar-refractivity contribution is 5.89. The molecule has 1 aliphatic rings. The van der Waals surface area contributed by atoms with E-state index in [-0.39, 0.29) is 0 Å². The fourth-order valence-electron chi connectivity index (χ4n) is 3.09. The Morgan fingerprint density at radius 2 is 1.88 bits per heavy atom. The number of anilines is 1. The molecule has 0 saturated heterocycles. The van der Waals surface area contributed by atoms with Gasteiger partial charge in [0.2, 0.25) is 5.95 Å². The van der Waals surface area contributed by atoms with Crippen LogP contribution < -0.4 is 5.73 Å².